The van der Waals surface area contributed by atoms with E-state index in [1.54, 1.807) is 22.8 Å². The zero-order valence-electron chi connectivity index (χ0n) is 24.3. The van der Waals surface area contributed by atoms with Gasteiger partial charge in [0.2, 0.25) is 11.8 Å². The first-order chi connectivity index (χ1) is 20.4. The second kappa shape index (κ2) is 11.0. The van der Waals surface area contributed by atoms with Crippen LogP contribution in [0.2, 0.25) is 0 Å². The first-order valence-electron chi connectivity index (χ1n) is 15.4. The van der Waals surface area contributed by atoms with E-state index in [0.29, 0.717) is 19.5 Å². The van der Waals surface area contributed by atoms with Crippen LogP contribution >= 0.6 is 0 Å². The molecule has 42 heavy (non-hydrogen) atoms. The summed E-state index contributed by atoms with van der Waals surface area (Å²) in [5.74, 6) is 2.67. The van der Waals surface area contributed by atoms with Crippen LogP contribution in [-0.2, 0) is 16.1 Å². The molecule has 1 N–H and O–H groups in total. The maximum Gasteiger partial charge on any atom is 0.244 e. The van der Waals surface area contributed by atoms with Crippen molar-refractivity contribution in [2.45, 2.75) is 51.5 Å². The van der Waals surface area contributed by atoms with Crippen LogP contribution in [0.4, 0.5) is 0 Å². The van der Waals surface area contributed by atoms with Crippen molar-refractivity contribution in [3.05, 3.63) is 73.3 Å². The van der Waals surface area contributed by atoms with Gasteiger partial charge in [-0.3, -0.25) is 19.3 Å². The van der Waals surface area contributed by atoms with E-state index in [9.17, 15) is 9.59 Å². The third-order valence-electron chi connectivity index (χ3n) is 10.0. The van der Waals surface area contributed by atoms with Crippen molar-refractivity contribution in [2.24, 2.45) is 23.2 Å². The number of carbonyl (C=O) groups is 2. The Labute approximate surface area is 247 Å². The number of hydrogen-bond acceptors (Lipinski definition) is 4. The van der Waals surface area contributed by atoms with Gasteiger partial charge in [-0.1, -0.05) is 48.5 Å². The normalized spacial score (nSPS) is 24.2. The van der Waals surface area contributed by atoms with Gasteiger partial charge in [0.1, 0.15) is 6.54 Å². The molecule has 2 heterocycles. The summed E-state index contributed by atoms with van der Waals surface area (Å²) >= 11 is 0. The number of hydrogen-bond donors (Lipinski definition) is 1. The summed E-state index contributed by atoms with van der Waals surface area (Å²) in [5, 5.41) is 9.84. The molecule has 7 nitrogen and oxygen atoms in total. The second-order valence-corrected chi connectivity index (χ2v) is 13.2. The fraction of sp³-hybridized carbons (Fsp3) is 0.429. The average molecular weight is 562 g/mol. The zero-order valence-corrected chi connectivity index (χ0v) is 24.3. The molecule has 4 aliphatic rings. The van der Waals surface area contributed by atoms with Crippen LogP contribution in [0, 0.1) is 23.2 Å². The van der Waals surface area contributed by atoms with Crippen molar-refractivity contribution in [1.82, 2.24) is 25.0 Å². The van der Waals surface area contributed by atoms with Crippen molar-refractivity contribution in [3.63, 3.8) is 0 Å². The van der Waals surface area contributed by atoms with Gasteiger partial charge >= 0.3 is 0 Å². The molecular weight excluding hydrogens is 522 g/mol. The maximum absolute atomic E-state index is 12.9. The summed E-state index contributed by atoms with van der Waals surface area (Å²) < 4.78 is 1.68. The van der Waals surface area contributed by atoms with Crippen molar-refractivity contribution >= 4 is 22.6 Å². The molecule has 4 saturated carbocycles. The topological polar surface area (TPSA) is 80.1 Å². The van der Waals surface area contributed by atoms with Gasteiger partial charge in [0.25, 0.3) is 0 Å². The van der Waals surface area contributed by atoms with E-state index in [0.717, 1.165) is 45.4 Å². The van der Waals surface area contributed by atoms with Crippen molar-refractivity contribution in [1.29, 1.82) is 0 Å². The minimum Gasteiger partial charge on any atom is -0.354 e. The van der Waals surface area contributed by atoms with Gasteiger partial charge in [0.15, 0.2) is 0 Å². The summed E-state index contributed by atoms with van der Waals surface area (Å²) in [6.45, 7) is 1.14. The van der Waals surface area contributed by atoms with E-state index in [2.05, 4.69) is 51.8 Å². The van der Waals surface area contributed by atoms with E-state index >= 15 is 0 Å². The number of pyridine rings is 1. The highest BCUT2D eigenvalue weighted by atomic mass is 16.2. The highest BCUT2D eigenvalue weighted by Crippen LogP contribution is 2.61. The minimum absolute atomic E-state index is 0.0289. The predicted octanol–water partition coefficient (Wildman–Crippen LogP) is 5.95. The van der Waals surface area contributed by atoms with Crippen molar-refractivity contribution in [3.8, 4) is 22.3 Å². The van der Waals surface area contributed by atoms with E-state index in [1.807, 2.05) is 30.7 Å². The van der Waals surface area contributed by atoms with E-state index < -0.39 is 0 Å². The SMILES string of the molecule is CN(CCNC(=O)CC12CC3CC(CC(C3)C1)C2)C(=O)Cn1cc(-c2ccc(-c3cncc4ccccc34)cc2)cn1. The Bertz CT molecular complexity index is 1570. The lowest BCUT2D eigenvalue weighted by molar-refractivity contribution is -0.132. The van der Waals surface area contributed by atoms with Crippen molar-refractivity contribution in [2.75, 3.05) is 20.1 Å². The quantitative estimate of drug-likeness (QED) is 0.274. The molecule has 0 aliphatic heterocycles. The van der Waals surface area contributed by atoms with E-state index in [-0.39, 0.29) is 23.8 Å². The van der Waals surface area contributed by atoms with E-state index in [1.165, 1.54) is 43.9 Å². The molecule has 4 aromatic rings. The highest BCUT2D eigenvalue weighted by molar-refractivity contribution is 5.95. The van der Waals surface area contributed by atoms with Gasteiger partial charge in [-0.15, -0.1) is 0 Å². The molecule has 2 aromatic carbocycles. The molecule has 216 valence electrons. The fourth-order valence-electron chi connectivity index (χ4n) is 8.44. The second-order valence-electron chi connectivity index (χ2n) is 13.2. The minimum atomic E-state index is -0.0289. The Kier molecular flexibility index (Phi) is 7.04. The molecule has 2 aromatic heterocycles. The summed E-state index contributed by atoms with van der Waals surface area (Å²) in [5.41, 5.74) is 4.46. The number of rotatable bonds is 9. The number of likely N-dealkylation sites (N-methyl/N-ethyl adjacent to an activating group) is 1. The molecule has 7 heteroatoms. The first kappa shape index (κ1) is 26.9. The molecule has 0 unspecified atom stereocenters. The van der Waals surface area contributed by atoms with Gasteiger partial charge in [-0.05, 0) is 78.2 Å². The monoisotopic (exact) mass is 561 g/mol. The van der Waals surface area contributed by atoms with Gasteiger partial charge in [0.05, 0.1) is 6.20 Å². The van der Waals surface area contributed by atoms with Crippen LogP contribution in [0.5, 0.6) is 0 Å². The van der Waals surface area contributed by atoms with Crippen LogP contribution in [0.3, 0.4) is 0 Å². The largest absolute Gasteiger partial charge is 0.354 e. The van der Waals surface area contributed by atoms with Crippen LogP contribution in [-0.4, -0.2) is 51.6 Å². The number of benzene rings is 2. The Hall–Kier alpha value is -4.00. The number of fused-ring (bicyclic) bond motifs is 1. The van der Waals surface area contributed by atoms with Crippen molar-refractivity contribution < 1.29 is 9.59 Å². The molecule has 4 bridgehead atoms. The van der Waals surface area contributed by atoms with Gasteiger partial charge in [-0.2, -0.15) is 5.10 Å². The molecule has 2 amide bonds. The summed E-state index contributed by atoms with van der Waals surface area (Å²) in [7, 11) is 1.79. The summed E-state index contributed by atoms with van der Waals surface area (Å²) in [4.78, 5) is 31.8. The van der Waals surface area contributed by atoms with Gasteiger partial charge in [-0.25, -0.2) is 0 Å². The Balaban J connectivity index is 0.903. The number of nitrogens with zero attached hydrogens (tertiary/aromatic N) is 4. The molecule has 0 saturated heterocycles. The number of aromatic nitrogens is 3. The Morgan fingerprint density at radius 3 is 2.33 bits per heavy atom. The first-order valence-corrected chi connectivity index (χ1v) is 15.4. The van der Waals surface area contributed by atoms with Crippen LogP contribution in [0.25, 0.3) is 33.0 Å². The molecule has 4 aliphatic carbocycles. The Morgan fingerprint density at radius 1 is 0.905 bits per heavy atom. The van der Waals surface area contributed by atoms with Gasteiger partial charge < -0.3 is 10.2 Å². The maximum atomic E-state index is 12.9. The Morgan fingerprint density at radius 2 is 1.60 bits per heavy atom. The molecule has 4 fully saturated rings. The highest BCUT2D eigenvalue weighted by Gasteiger charge is 2.51. The third kappa shape index (κ3) is 5.44. The number of nitrogens with one attached hydrogen (secondary N) is 1. The number of amides is 2. The molecular formula is C35H39N5O2. The molecule has 0 atom stereocenters. The van der Waals surface area contributed by atoms with Crippen LogP contribution in [0.15, 0.2) is 73.3 Å². The lowest BCUT2D eigenvalue weighted by atomic mass is 9.49. The van der Waals surface area contributed by atoms with E-state index in [4.69, 9.17) is 0 Å². The zero-order chi connectivity index (χ0) is 28.7. The standard InChI is InChI=1S/C35H39N5O2/c1-39(11-10-37-33(41)18-35-15-24-12-25(16-35)14-26(13-24)17-35)34(42)23-40-22-30(20-38-40)27-6-8-28(9-7-27)32-21-36-19-29-4-2-3-5-31(29)32/h2-9,19-22,24-26H,10-18,23H2,1H3,(H,37,41). The van der Waals surface area contributed by atoms with Crippen LogP contribution < -0.4 is 5.32 Å². The lowest BCUT2D eigenvalue weighted by Gasteiger charge is -2.56. The predicted molar refractivity (Wildman–Crippen MR) is 164 cm³/mol. The van der Waals surface area contributed by atoms with Gasteiger partial charge in [0, 0.05) is 61.7 Å². The smallest absolute Gasteiger partial charge is 0.244 e. The summed E-state index contributed by atoms with van der Waals surface area (Å²) in [6.07, 6.45) is 16.0. The number of carbonyl (C=O) groups excluding carboxylic acids is 2. The third-order valence-corrected chi connectivity index (χ3v) is 10.0. The fourth-order valence-corrected chi connectivity index (χ4v) is 8.44. The molecule has 8 rings (SSSR count). The molecule has 0 radical (unpaired) electrons. The molecule has 0 spiro atoms. The lowest BCUT2D eigenvalue weighted by Crippen LogP contribution is -2.48. The average Bonchev–Trinajstić information content (AvgIpc) is 3.44. The summed E-state index contributed by atoms with van der Waals surface area (Å²) in [6, 6.07) is 16.6. The van der Waals surface area contributed by atoms with Crippen LogP contribution in [0.1, 0.15) is 44.9 Å².